The zero-order chi connectivity index (χ0) is 21.8. The Morgan fingerprint density at radius 2 is 1.09 bits per heavy atom. The van der Waals surface area contributed by atoms with Crippen LogP contribution >= 0.6 is 11.8 Å². The highest BCUT2D eigenvalue weighted by molar-refractivity contribution is 8.00. The minimum Gasteiger partial charge on any atom is -0.258 e. The van der Waals surface area contributed by atoms with Gasteiger partial charge < -0.3 is 0 Å². The van der Waals surface area contributed by atoms with Crippen LogP contribution in [0, 0.1) is 6.92 Å². The van der Waals surface area contributed by atoms with E-state index in [1.54, 1.807) is 11.8 Å². The first kappa shape index (κ1) is 20.3. The number of thioether (sulfide) groups is 1. The van der Waals surface area contributed by atoms with Crippen LogP contribution < -0.4 is 0 Å². The number of hydrogen-bond acceptors (Lipinski definition) is 3. The molecule has 4 aromatic carbocycles. The summed E-state index contributed by atoms with van der Waals surface area (Å²) in [5.74, 6) is 0.774. The minimum absolute atomic E-state index is 0.490. The Bertz CT molecular complexity index is 1180. The van der Waals surface area contributed by atoms with Crippen molar-refractivity contribution in [1.82, 2.24) is 15.2 Å². The zero-order valence-electron chi connectivity index (χ0n) is 17.8. The number of hydrogen-bond donors (Lipinski definition) is 1. The van der Waals surface area contributed by atoms with Gasteiger partial charge in [0.15, 0.2) is 5.82 Å². The van der Waals surface area contributed by atoms with Crippen LogP contribution in [0.3, 0.4) is 0 Å². The molecule has 3 nitrogen and oxygen atoms in total. The molecule has 0 bridgehead atoms. The van der Waals surface area contributed by atoms with E-state index in [4.69, 9.17) is 4.98 Å². The van der Waals surface area contributed by atoms with Gasteiger partial charge in [-0.05, 0) is 23.6 Å². The molecule has 1 aromatic heterocycles. The Hall–Kier alpha value is -3.63. The van der Waals surface area contributed by atoms with E-state index in [0.717, 1.165) is 11.4 Å². The fraction of sp³-hybridized carbons (Fsp3) is 0.0714. The number of aromatic nitrogens is 3. The number of benzene rings is 4. The van der Waals surface area contributed by atoms with Crippen molar-refractivity contribution in [2.75, 3.05) is 0 Å². The third-order valence-electron chi connectivity index (χ3n) is 5.58. The third-order valence-corrected chi connectivity index (χ3v) is 6.95. The molecule has 1 heterocycles. The lowest BCUT2D eigenvalue weighted by Gasteiger charge is -2.34. The number of nitrogens with zero attached hydrogens (tertiary/aromatic N) is 2. The topological polar surface area (TPSA) is 41.6 Å². The van der Waals surface area contributed by atoms with E-state index in [1.165, 1.54) is 22.3 Å². The second kappa shape index (κ2) is 8.85. The van der Waals surface area contributed by atoms with Gasteiger partial charge in [0.1, 0.15) is 0 Å². The van der Waals surface area contributed by atoms with Crippen molar-refractivity contribution >= 4 is 11.8 Å². The van der Waals surface area contributed by atoms with Crippen LogP contribution in [-0.2, 0) is 4.75 Å². The van der Waals surface area contributed by atoms with E-state index in [1.807, 2.05) is 0 Å². The first-order valence-electron chi connectivity index (χ1n) is 10.6. The summed E-state index contributed by atoms with van der Waals surface area (Å²) in [4.78, 5) is 4.87. The second-order valence-corrected chi connectivity index (χ2v) is 8.90. The number of aryl methyl sites for hydroxylation is 1. The predicted molar refractivity (Wildman–Crippen MR) is 132 cm³/mol. The molecule has 5 rings (SSSR count). The summed E-state index contributed by atoms with van der Waals surface area (Å²) in [5.41, 5.74) is 5.80. The molecular weight excluding hydrogens is 410 g/mol. The van der Waals surface area contributed by atoms with Gasteiger partial charge in [0.2, 0.25) is 5.16 Å². The fourth-order valence-corrected chi connectivity index (χ4v) is 5.23. The highest BCUT2D eigenvalue weighted by Gasteiger charge is 2.38. The fourth-order valence-electron chi connectivity index (χ4n) is 3.96. The molecule has 0 fully saturated rings. The van der Waals surface area contributed by atoms with Gasteiger partial charge in [0, 0.05) is 5.56 Å². The Morgan fingerprint density at radius 1 is 0.625 bits per heavy atom. The van der Waals surface area contributed by atoms with Gasteiger partial charge in [-0.25, -0.2) is 4.98 Å². The number of H-pyrrole nitrogens is 1. The van der Waals surface area contributed by atoms with Crippen molar-refractivity contribution in [3.63, 3.8) is 0 Å². The molecule has 0 aliphatic heterocycles. The Labute approximate surface area is 192 Å². The molecule has 0 atom stereocenters. The molecule has 0 spiro atoms. The Balaban J connectivity index is 1.66. The van der Waals surface area contributed by atoms with E-state index < -0.39 is 4.75 Å². The van der Waals surface area contributed by atoms with Gasteiger partial charge >= 0.3 is 0 Å². The SMILES string of the molecule is Cc1ccc(-c2nc(SC(c3ccccc3)(c3ccccc3)c3ccccc3)n[nH]2)cc1. The van der Waals surface area contributed by atoms with Crippen LogP contribution in [0.1, 0.15) is 22.3 Å². The Kier molecular flexibility index (Phi) is 5.61. The average molecular weight is 434 g/mol. The number of nitrogens with one attached hydrogen (secondary N) is 1. The normalized spacial score (nSPS) is 11.4. The molecule has 0 unspecified atom stereocenters. The molecule has 0 aliphatic rings. The monoisotopic (exact) mass is 433 g/mol. The number of rotatable bonds is 6. The molecule has 0 saturated heterocycles. The second-order valence-electron chi connectivity index (χ2n) is 7.71. The van der Waals surface area contributed by atoms with Gasteiger partial charge in [-0.1, -0.05) is 133 Å². The van der Waals surface area contributed by atoms with Crippen LogP contribution in [0.15, 0.2) is 120 Å². The van der Waals surface area contributed by atoms with Crippen LogP contribution in [0.2, 0.25) is 0 Å². The highest BCUT2D eigenvalue weighted by atomic mass is 32.2. The van der Waals surface area contributed by atoms with Crippen molar-refractivity contribution in [3.05, 3.63) is 138 Å². The summed E-state index contributed by atoms with van der Waals surface area (Å²) in [5, 5.41) is 8.45. The summed E-state index contributed by atoms with van der Waals surface area (Å²) in [6, 6.07) is 40.1. The molecule has 32 heavy (non-hydrogen) atoms. The maximum Gasteiger partial charge on any atom is 0.210 e. The van der Waals surface area contributed by atoms with E-state index in [2.05, 4.69) is 132 Å². The van der Waals surface area contributed by atoms with Gasteiger partial charge in [-0.3, -0.25) is 5.10 Å². The molecular formula is C28H23N3S. The van der Waals surface area contributed by atoms with Crippen LogP contribution in [-0.4, -0.2) is 15.2 Å². The average Bonchev–Trinajstić information content (AvgIpc) is 3.33. The quantitative estimate of drug-likeness (QED) is 0.235. The Morgan fingerprint density at radius 3 is 1.56 bits per heavy atom. The van der Waals surface area contributed by atoms with E-state index in [9.17, 15) is 0 Å². The van der Waals surface area contributed by atoms with Crippen molar-refractivity contribution in [3.8, 4) is 11.4 Å². The predicted octanol–water partition coefficient (Wildman–Crippen LogP) is 6.86. The maximum atomic E-state index is 4.87. The lowest BCUT2D eigenvalue weighted by Crippen LogP contribution is -2.25. The summed E-state index contributed by atoms with van der Waals surface area (Å²) in [7, 11) is 0. The summed E-state index contributed by atoms with van der Waals surface area (Å²) in [6.07, 6.45) is 0. The maximum absolute atomic E-state index is 4.87. The summed E-state index contributed by atoms with van der Waals surface area (Å²) >= 11 is 1.66. The molecule has 0 saturated carbocycles. The number of aromatic amines is 1. The van der Waals surface area contributed by atoms with E-state index in [-0.39, 0.29) is 0 Å². The molecule has 4 heteroatoms. The van der Waals surface area contributed by atoms with Crippen molar-refractivity contribution in [1.29, 1.82) is 0 Å². The lowest BCUT2D eigenvalue weighted by molar-refractivity contribution is 0.873. The zero-order valence-corrected chi connectivity index (χ0v) is 18.6. The summed E-state index contributed by atoms with van der Waals surface area (Å²) < 4.78 is -0.490. The molecule has 156 valence electrons. The van der Waals surface area contributed by atoms with E-state index >= 15 is 0 Å². The highest BCUT2D eigenvalue weighted by Crippen LogP contribution is 2.50. The lowest BCUT2D eigenvalue weighted by atomic mass is 9.84. The molecule has 0 aliphatic carbocycles. The molecule has 1 N–H and O–H groups in total. The smallest absolute Gasteiger partial charge is 0.210 e. The van der Waals surface area contributed by atoms with E-state index in [0.29, 0.717) is 5.16 Å². The van der Waals surface area contributed by atoms with Crippen molar-refractivity contribution in [2.45, 2.75) is 16.8 Å². The summed E-state index contributed by atoms with van der Waals surface area (Å²) in [6.45, 7) is 2.08. The van der Waals surface area contributed by atoms with Gasteiger partial charge in [-0.2, -0.15) is 0 Å². The van der Waals surface area contributed by atoms with Gasteiger partial charge in [0.05, 0.1) is 4.75 Å². The molecule has 0 radical (unpaired) electrons. The minimum atomic E-state index is -0.490. The molecule has 0 amide bonds. The van der Waals surface area contributed by atoms with Gasteiger partial charge in [0.25, 0.3) is 0 Å². The first-order valence-corrected chi connectivity index (χ1v) is 11.4. The van der Waals surface area contributed by atoms with Crippen LogP contribution in [0.5, 0.6) is 0 Å². The first-order chi connectivity index (χ1) is 15.8. The van der Waals surface area contributed by atoms with Crippen LogP contribution in [0.25, 0.3) is 11.4 Å². The molecule has 5 aromatic rings. The third kappa shape index (κ3) is 3.85. The largest absolute Gasteiger partial charge is 0.258 e. The van der Waals surface area contributed by atoms with Gasteiger partial charge in [-0.15, -0.1) is 5.10 Å². The van der Waals surface area contributed by atoms with Crippen molar-refractivity contribution < 1.29 is 0 Å². The van der Waals surface area contributed by atoms with Crippen LogP contribution in [0.4, 0.5) is 0 Å². The van der Waals surface area contributed by atoms with Crippen molar-refractivity contribution in [2.24, 2.45) is 0 Å². The standard InChI is InChI=1S/C28H23N3S/c1-21-17-19-22(20-18-21)26-29-27(31-30-26)32-28(23-11-5-2-6-12-23,24-13-7-3-8-14-24)25-15-9-4-10-16-25/h2-20H,1H3,(H,29,30,31).